The lowest BCUT2D eigenvalue weighted by Crippen LogP contribution is -2.32. The minimum atomic E-state index is -2.55. The monoisotopic (exact) mass is 374 g/mol. The lowest BCUT2D eigenvalue weighted by Gasteiger charge is -2.19. The van der Waals surface area contributed by atoms with Crippen molar-refractivity contribution >= 4 is 11.7 Å². The smallest absolute Gasteiger partial charge is 0.407 e. The lowest BCUT2D eigenvalue weighted by atomic mass is 10.1. The van der Waals surface area contributed by atoms with Gasteiger partial charge >= 0.3 is 6.09 Å². The van der Waals surface area contributed by atoms with Crippen LogP contribution in [-0.4, -0.2) is 26.3 Å². The molecule has 0 aliphatic heterocycles. The molecule has 0 radical (unpaired) electrons. The van der Waals surface area contributed by atoms with E-state index in [0.29, 0.717) is 18.0 Å². The van der Waals surface area contributed by atoms with Crippen LogP contribution in [0.2, 0.25) is 0 Å². The van der Waals surface area contributed by atoms with Gasteiger partial charge in [-0.2, -0.15) is 0 Å². The van der Waals surface area contributed by atoms with Gasteiger partial charge in [0.2, 0.25) is 0 Å². The SMILES string of the molecule is CC(C)(C)OC(=O)NCc1ccc(-c2nc3cc(C(F)F)ccn3n2)cc1. The molecule has 3 aromatic rings. The molecule has 8 heteroatoms. The fourth-order valence-corrected chi connectivity index (χ4v) is 2.42. The van der Waals surface area contributed by atoms with Gasteiger partial charge in [0, 0.05) is 23.9 Å². The Morgan fingerprint density at radius 3 is 2.56 bits per heavy atom. The minimum absolute atomic E-state index is 0.0926. The van der Waals surface area contributed by atoms with E-state index in [0.717, 1.165) is 11.1 Å². The number of hydrogen-bond acceptors (Lipinski definition) is 4. The molecular formula is C19H20F2N4O2. The molecule has 27 heavy (non-hydrogen) atoms. The summed E-state index contributed by atoms with van der Waals surface area (Å²) in [7, 11) is 0. The molecule has 1 aromatic carbocycles. The summed E-state index contributed by atoms with van der Waals surface area (Å²) in [6.07, 6.45) is -1.57. The lowest BCUT2D eigenvalue weighted by molar-refractivity contribution is 0.0523. The van der Waals surface area contributed by atoms with Gasteiger partial charge in [0.1, 0.15) is 5.60 Å². The number of pyridine rings is 1. The average molecular weight is 374 g/mol. The molecule has 0 saturated carbocycles. The molecular weight excluding hydrogens is 354 g/mol. The van der Waals surface area contributed by atoms with Crippen molar-refractivity contribution in [2.45, 2.75) is 39.3 Å². The molecule has 1 N–H and O–H groups in total. The van der Waals surface area contributed by atoms with Crippen molar-refractivity contribution < 1.29 is 18.3 Å². The van der Waals surface area contributed by atoms with Crippen LogP contribution in [-0.2, 0) is 11.3 Å². The van der Waals surface area contributed by atoms with E-state index < -0.39 is 18.1 Å². The van der Waals surface area contributed by atoms with Gasteiger partial charge in [-0.3, -0.25) is 0 Å². The van der Waals surface area contributed by atoms with Gasteiger partial charge in [0.25, 0.3) is 6.43 Å². The Hall–Kier alpha value is -3.03. The van der Waals surface area contributed by atoms with Crippen molar-refractivity contribution in [1.82, 2.24) is 19.9 Å². The quantitative estimate of drug-likeness (QED) is 0.737. The Balaban J connectivity index is 1.70. The van der Waals surface area contributed by atoms with Crippen LogP contribution in [0.25, 0.3) is 17.0 Å². The van der Waals surface area contributed by atoms with Gasteiger partial charge in [0.05, 0.1) is 0 Å². The number of rotatable bonds is 4. The summed E-state index contributed by atoms with van der Waals surface area (Å²) in [5, 5.41) is 6.98. The number of halogens is 2. The number of hydrogen-bond donors (Lipinski definition) is 1. The molecule has 2 aromatic heterocycles. The second kappa shape index (κ2) is 7.30. The molecule has 0 unspecified atom stereocenters. The van der Waals surface area contributed by atoms with E-state index in [1.807, 2.05) is 24.3 Å². The molecule has 6 nitrogen and oxygen atoms in total. The molecule has 142 valence electrons. The third-order valence-corrected chi connectivity index (χ3v) is 3.66. The maximum Gasteiger partial charge on any atom is 0.407 e. The standard InChI is InChI=1S/C19H20F2N4O2/c1-19(2,3)27-18(26)22-11-12-4-6-13(7-5-12)17-23-15-10-14(16(20)21)8-9-25(15)24-17/h4-10,16H,11H2,1-3H3,(H,22,26). The van der Waals surface area contributed by atoms with Crippen molar-refractivity contribution in [3.05, 3.63) is 53.7 Å². The zero-order chi connectivity index (χ0) is 19.6. The Bertz CT molecular complexity index is 946. The first-order valence-electron chi connectivity index (χ1n) is 8.42. The topological polar surface area (TPSA) is 68.5 Å². The van der Waals surface area contributed by atoms with Crippen LogP contribution < -0.4 is 5.32 Å². The Morgan fingerprint density at radius 2 is 1.93 bits per heavy atom. The fourth-order valence-electron chi connectivity index (χ4n) is 2.42. The Morgan fingerprint density at radius 1 is 1.22 bits per heavy atom. The first-order valence-corrected chi connectivity index (χ1v) is 8.42. The van der Waals surface area contributed by atoms with E-state index in [1.165, 1.54) is 22.8 Å². The van der Waals surface area contributed by atoms with Crippen LogP contribution in [0, 0.1) is 0 Å². The molecule has 0 spiro atoms. The van der Waals surface area contributed by atoms with Gasteiger partial charge in [-0.25, -0.2) is 23.1 Å². The van der Waals surface area contributed by atoms with Crippen molar-refractivity contribution in [3.63, 3.8) is 0 Å². The van der Waals surface area contributed by atoms with Crippen molar-refractivity contribution in [2.75, 3.05) is 0 Å². The summed E-state index contributed by atoms with van der Waals surface area (Å²) >= 11 is 0. The van der Waals surface area contributed by atoms with Crippen LogP contribution in [0.15, 0.2) is 42.6 Å². The van der Waals surface area contributed by atoms with Gasteiger partial charge in [-0.1, -0.05) is 24.3 Å². The van der Waals surface area contributed by atoms with Gasteiger partial charge in [-0.15, -0.1) is 5.10 Å². The van der Waals surface area contributed by atoms with Crippen LogP contribution in [0.5, 0.6) is 0 Å². The van der Waals surface area contributed by atoms with Crippen LogP contribution >= 0.6 is 0 Å². The number of nitrogens with one attached hydrogen (secondary N) is 1. The average Bonchev–Trinajstić information content (AvgIpc) is 3.02. The highest BCUT2D eigenvalue weighted by Crippen LogP contribution is 2.22. The molecule has 0 aliphatic rings. The molecule has 2 heterocycles. The maximum atomic E-state index is 12.8. The van der Waals surface area contributed by atoms with E-state index in [-0.39, 0.29) is 5.56 Å². The first-order chi connectivity index (χ1) is 12.7. The number of amides is 1. The summed E-state index contributed by atoms with van der Waals surface area (Å²) in [6.45, 7) is 5.72. The van der Waals surface area contributed by atoms with Crippen molar-refractivity contribution in [1.29, 1.82) is 0 Å². The third-order valence-electron chi connectivity index (χ3n) is 3.66. The largest absolute Gasteiger partial charge is 0.444 e. The molecule has 1 amide bonds. The van der Waals surface area contributed by atoms with E-state index in [9.17, 15) is 13.6 Å². The summed E-state index contributed by atoms with van der Waals surface area (Å²) < 4.78 is 32.2. The third kappa shape index (κ3) is 4.78. The fraction of sp³-hybridized carbons (Fsp3) is 0.316. The Kier molecular flexibility index (Phi) is 5.07. The van der Waals surface area contributed by atoms with Crippen LogP contribution in [0.1, 0.15) is 38.3 Å². The predicted molar refractivity (Wildman–Crippen MR) is 96.5 cm³/mol. The minimum Gasteiger partial charge on any atom is -0.444 e. The first kappa shape index (κ1) is 18.8. The van der Waals surface area contributed by atoms with E-state index >= 15 is 0 Å². The number of alkyl halides is 2. The van der Waals surface area contributed by atoms with Crippen molar-refractivity contribution in [3.8, 4) is 11.4 Å². The van der Waals surface area contributed by atoms with Gasteiger partial charge < -0.3 is 10.1 Å². The highest BCUT2D eigenvalue weighted by molar-refractivity contribution is 5.67. The molecule has 0 aliphatic carbocycles. The van der Waals surface area contributed by atoms with Crippen molar-refractivity contribution in [2.24, 2.45) is 0 Å². The number of carbonyl (C=O) groups excluding carboxylic acids is 1. The predicted octanol–water partition coefficient (Wildman–Crippen LogP) is 4.36. The zero-order valence-electron chi connectivity index (χ0n) is 15.2. The molecule has 0 atom stereocenters. The summed E-state index contributed by atoms with van der Waals surface area (Å²) in [6, 6.07) is 9.94. The van der Waals surface area contributed by atoms with E-state index in [1.54, 1.807) is 20.8 Å². The summed E-state index contributed by atoms with van der Waals surface area (Å²) in [4.78, 5) is 16.0. The zero-order valence-corrected chi connectivity index (χ0v) is 15.2. The highest BCUT2D eigenvalue weighted by atomic mass is 19.3. The Labute approximate surface area is 155 Å². The number of alkyl carbamates (subject to hydrolysis) is 1. The number of fused-ring (bicyclic) bond motifs is 1. The molecule has 0 saturated heterocycles. The van der Waals surface area contributed by atoms with E-state index in [4.69, 9.17) is 4.74 Å². The highest BCUT2D eigenvalue weighted by Gasteiger charge is 2.16. The molecule has 0 bridgehead atoms. The number of ether oxygens (including phenoxy) is 1. The van der Waals surface area contributed by atoms with Gasteiger partial charge in [-0.05, 0) is 38.5 Å². The second-order valence-electron chi connectivity index (χ2n) is 7.05. The second-order valence-corrected chi connectivity index (χ2v) is 7.05. The normalized spacial score (nSPS) is 11.8. The van der Waals surface area contributed by atoms with Crippen LogP contribution in [0.4, 0.5) is 13.6 Å². The number of benzene rings is 1. The summed E-state index contributed by atoms with van der Waals surface area (Å²) in [5.74, 6) is 0.438. The van der Waals surface area contributed by atoms with Gasteiger partial charge in [0.15, 0.2) is 11.5 Å². The molecule has 3 rings (SSSR count). The van der Waals surface area contributed by atoms with E-state index in [2.05, 4.69) is 15.4 Å². The molecule has 0 fully saturated rings. The van der Waals surface area contributed by atoms with Crippen LogP contribution in [0.3, 0.4) is 0 Å². The number of nitrogens with zero attached hydrogens (tertiary/aromatic N) is 3. The maximum absolute atomic E-state index is 12.8. The summed E-state index contributed by atoms with van der Waals surface area (Å²) in [5.41, 5.74) is 1.35. The number of carbonyl (C=O) groups is 1. The number of aromatic nitrogens is 3.